The van der Waals surface area contributed by atoms with Gasteiger partial charge in [-0.05, 0) is 67.3 Å². The second-order valence-electron chi connectivity index (χ2n) is 10.4. The number of carbonyl (C=O) groups is 2. The molecule has 0 saturated carbocycles. The van der Waals surface area contributed by atoms with Gasteiger partial charge in [0, 0.05) is 32.5 Å². The standard InChI is InChI=1S/C33H42FN3O5S/c1-4-6-22-35-33(39)31(24-26-11-8-7-9-12-26)36(25-27-14-16-28(34)17-15-27)32(38)13-10-23-37(43(3,40)41)29-18-20-30(21-19-29)42-5-2/h7-9,11-12,14-21,31H,4-6,10,13,22-25H2,1-3H3,(H,35,39). The van der Waals surface area contributed by atoms with Crippen molar-refractivity contribution in [2.45, 2.75) is 58.5 Å². The third-order valence-electron chi connectivity index (χ3n) is 6.95. The van der Waals surface area contributed by atoms with Crippen LogP contribution >= 0.6 is 0 Å². The van der Waals surface area contributed by atoms with Crippen molar-refractivity contribution in [1.82, 2.24) is 10.2 Å². The number of unbranched alkanes of at least 4 members (excludes halogenated alkanes) is 1. The smallest absolute Gasteiger partial charge is 0.243 e. The molecule has 0 radical (unpaired) electrons. The maximum absolute atomic E-state index is 13.9. The summed E-state index contributed by atoms with van der Waals surface area (Å²) in [7, 11) is -3.63. The molecule has 0 heterocycles. The number of nitrogens with one attached hydrogen (secondary N) is 1. The van der Waals surface area contributed by atoms with Crippen LogP contribution in [-0.4, -0.2) is 57.1 Å². The molecule has 0 saturated heterocycles. The molecule has 10 heteroatoms. The number of hydrogen-bond acceptors (Lipinski definition) is 5. The summed E-state index contributed by atoms with van der Waals surface area (Å²) in [5, 5.41) is 2.97. The molecule has 43 heavy (non-hydrogen) atoms. The van der Waals surface area contributed by atoms with Crippen LogP contribution < -0.4 is 14.4 Å². The van der Waals surface area contributed by atoms with E-state index in [-0.39, 0.29) is 37.7 Å². The molecule has 0 spiro atoms. The fourth-order valence-electron chi connectivity index (χ4n) is 4.73. The monoisotopic (exact) mass is 611 g/mol. The van der Waals surface area contributed by atoms with Crippen molar-refractivity contribution in [3.05, 3.63) is 95.8 Å². The Labute approximate surface area is 254 Å². The number of sulfonamides is 1. The molecule has 0 aromatic heterocycles. The quantitative estimate of drug-likeness (QED) is 0.208. The van der Waals surface area contributed by atoms with Gasteiger partial charge in [0.25, 0.3) is 0 Å². The van der Waals surface area contributed by atoms with Crippen LogP contribution in [0.5, 0.6) is 5.75 Å². The van der Waals surface area contributed by atoms with Crippen molar-refractivity contribution < 1.29 is 27.1 Å². The van der Waals surface area contributed by atoms with Crippen molar-refractivity contribution in [3.8, 4) is 5.75 Å². The van der Waals surface area contributed by atoms with E-state index in [0.717, 1.165) is 24.7 Å². The molecule has 3 aromatic rings. The van der Waals surface area contributed by atoms with E-state index in [9.17, 15) is 22.4 Å². The molecule has 3 aromatic carbocycles. The van der Waals surface area contributed by atoms with Crippen LogP contribution in [0.2, 0.25) is 0 Å². The first-order valence-electron chi connectivity index (χ1n) is 14.7. The zero-order valence-electron chi connectivity index (χ0n) is 25.2. The van der Waals surface area contributed by atoms with E-state index in [4.69, 9.17) is 4.74 Å². The Morgan fingerprint density at radius 3 is 2.19 bits per heavy atom. The van der Waals surface area contributed by atoms with Crippen LogP contribution in [-0.2, 0) is 32.6 Å². The molecule has 0 aliphatic rings. The molecule has 3 rings (SSSR count). The van der Waals surface area contributed by atoms with Gasteiger partial charge in [-0.15, -0.1) is 0 Å². The van der Waals surface area contributed by atoms with Crippen LogP contribution in [0.4, 0.5) is 10.1 Å². The number of nitrogens with zero attached hydrogens (tertiary/aromatic N) is 2. The lowest BCUT2D eigenvalue weighted by atomic mass is 10.0. The number of carbonyl (C=O) groups excluding carboxylic acids is 2. The number of halogens is 1. The molecule has 8 nitrogen and oxygen atoms in total. The van der Waals surface area contributed by atoms with Gasteiger partial charge in [0.05, 0.1) is 18.6 Å². The van der Waals surface area contributed by atoms with Gasteiger partial charge in [-0.3, -0.25) is 13.9 Å². The lowest BCUT2D eigenvalue weighted by Crippen LogP contribution is -2.50. The van der Waals surface area contributed by atoms with Crippen molar-refractivity contribution >= 4 is 27.5 Å². The average Bonchev–Trinajstić information content (AvgIpc) is 2.98. The molecular weight excluding hydrogens is 569 g/mol. The van der Waals surface area contributed by atoms with Crippen LogP contribution in [0.15, 0.2) is 78.9 Å². The fourth-order valence-corrected chi connectivity index (χ4v) is 5.69. The summed E-state index contributed by atoms with van der Waals surface area (Å²) in [4.78, 5) is 28.9. The zero-order valence-corrected chi connectivity index (χ0v) is 26.0. The maximum atomic E-state index is 13.9. The Kier molecular flexibility index (Phi) is 13.0. The molecule has 0 aliphatic heterocycles. The molecule has 1 N–H and O–H groups in total. The number of hydrogen-bond donors (Lipinski definition) is 1. The molecule has 232 valence electrons. The summed E-state index contributed by atoms with van der Waals surface area (Å²) in [5.74, 6) is -0.320. The Bertz CT molecular complexity index is 1400. The highest BCUT2D eigenvalue weighted by Gasteiger charge is 2.30. The van der Waals surface area contributed by atoms with Crippen LogP contribution in [0.25, 0.3) is 0 Å². The van der Waals surface area contributed by atoms with Crippen LogP contribution in [0, 0.1) is 5.82 Å². The van der Waals surface area contributed by atoms with Gasteiger partial charge >= 0.3 is 0 Å². The van der Waals surface area contributed by atoms with Crippen molar-refractivity contribution in [1.29, 1.82) is 0 Å². The maximum Gasteiger partial charge on any atom is 0.243 e. The van der Waals surface area contributed by atoms with Crippen LogP contribution in [0.3, 0.4) is 0 Å². The summed E-state index contributed by atoms with van der Waals surface area (Å²) >= 11 is 0. The molecule has 1 atom stereocenters. The van der Waals surface area contributed by atoms with E-state index in [1.54, 1.807) is 36.4 Å². The minimum atomic E-state index is -3.63. The summed E-state index contributed by atoms with van der Waals surface area (Å²) in [6, 6.07) is 21.3. The van der Waals surface area contributed by atoms with E-state index in [1.807, 2.05) is 44.2 Å². The van der Waals surface area contributed by atoms with Gasteiger partial charge in [0.2, 0.25) is 21.8 Å². The predicted molar refractivity (Wildman–Crippen MR) is 168 cm³/mol. The first-order valence-corrected chi connectivity index (χ1v) is 16.5. The number of amides is 2. The highest BCUT2D eigenvalue weighted by Crippen LogP contribution is 2.23. The van der Waals surface area contributed by atoms with E-state index in [2.05, 4.69) is 5.32 Å². The minimum Gasteiger partial charge on any atom is -0.494 e. The number of benzene rings is 3. The second-order valence-corrected chi connectivity index (χ2v) is 12.3. The second kappa shape index (κ2) is 16.6. The van der Waals surface area contributed by atoms with Gasteiger partial charge in [-0.25, -0.2) is 12.8 Å². The van der Waals surface area contributed by atoms with Gasteiger partial charge < -0.3 is 15.0 Å². The first kappa shape index (κ1) is 33.6. The van der Waals surface area contributed by atoms with E-state index in [1.165, 1.54) is 21.3 Å². The Morgan fingerprint density at radius 1 is 0.907 bits per heavy atom. The molecule has 0 bridgehead atoms. The van der Waals surface area contributed by atoms with Gasteiger partial charge in [-0.1, -0.05) is 55.8 Å². The third kappa shape index (κ3) is 10.7. The number of anilines is 1. The number of rotatable bonds is 17. The average molecular weight is 612 g/mol. The van der Waals surface area contributed by atoms with E-state index in [0.29, 0.717) is 36.6 Å². The molecular formula is C33H42FN3O5S. The summed E-state index contributed by atoms with van der Waals surface area (Å²) < 4.78 is 45.7. The van der Waals surface area contributed by atoms with Crippen molar-refractivity contribution in [2.24, 2.45) is 0 Å². The van der Waals surface area contributed by atoms with Gasteiger partial charge in [-0.2, -0.15) is 0 Å². The van der Waals surface area contributed by atoms with Crippen molar-refractivity contribution in [3.63, 3.8) is 0 Å². The van der Waals surface area contributed by atoms with Gasteiger partial charge in [0.1, 0.15) is 17.6 Å². The Morgan fingerprint density at radius 2 is 1.58 bits per heavy atom. The lowest BCUT2D eigenvalue weighted by molar-refractivity contribution is -0.141. The number of ether oxygens (including phenoxy) is 1. The summed E-state index contributed by atoms with van der Waals surface area (Å²) in [6.07, 6.45) is 3.39. The summed E-state index contributed by atoms with van der Waals surface area (Å²) in [5.41, 5.74) is 2.05. The Hall–Kier alpha value is -3.92. The SMILES string of the molecule is CCCCNC(=O)C(Cc1ccccc1)N(Cc1ccc(F)cc1)C(=O)CCCN(c1ccc(OCC)cc1)S(C)(=O)=O. The Balaban J connectivity index is 1.84. The fraction of sp³-hybridized carbons (Fsp3) is 0.394. The van der Waals surface area contributed by atoms with E-state index < -0.39 is 21.9 Å². The predicted octanol–water partition coefficient (Wildman–Crippen LogP) is 5.33. The lowest BCUT2D eigenvalue weighted by Gasteiger charge is -2.32. The minimum absolute atomic E-state index is 0.0117. The zero-order chi connectivity index (χ0) is 31.2. The van der Waals surface area contributed by atoms with Crippen LogP contribution in [0.1, 0.15) is 50.7 Å². The topological polar surface area (TPSA) is 96.0 Å². The summed E-state index contributed by atoms with van der Waals surface area (Å²) in [6.45, 7) is 5.07. The largest absolute Gasteiger partial charge is 0.494 e. The highest BCUT2D eigenvalue weighted by molar-refractivity contribution is 7.92. The third-order valence-corrected chi connectivity index (χ3v) is 8.15. The molecule has 0 fully saturated rings. The van der Waals surface area contributed by atoms with Gasteiger partial charge in [0.15, 0.2) is 0 Å². The highest BCUT2D eigenvalue weighted by atomic mass is 32.2. The first-order chi connectivity index (χ1) is 20.6. The molecule has 0 aliphatic carbocycles. The molecule has 1 unspecified atom stereocenters. The van der Waals surface area contributed by atoms with Crippen molar-refractivity contribution in [2.75, 3.05) is 30.3 Å². The van der Waals surface area contributed by atoms with E-state index >= 15 is 0 Å². The molecule has 2 amide bonds. The normalized spacial score (nSPS) is 11.9.